The summed E-state index contributed by atoms with van der Waals surface area (Å²) < 4.78 is 16.5. The van der Waals surface area contributed by atoms with Crippen LogP contribution in [-0.4, -0.2) is 166 Å². The van der Waals surface area contributed by atoms with Crippen molar-refractivity contribution in [1.82, 2.24) is 47.4 Å². The topological polar surface area (TPSA) is 243 Å². The molecule has 6 unspecified atom stereocenters. The summed E-state index contributed by atoms with van der Waals surface area (Å²) in [5, 5.41) is 41.4. The minimum Gasteiger partial charge on any atom is -0.379 e. The number of thioether (sulfide) groups is 2. The van der Waals surface area contributed by atoms with E-state index >= 15 is 0 Å². The smallest absolute Gasteiger partial charge is 0.251 e. The van der Waals surface area contributed by atoms with Crippen LogP contribution < -0.4 is 42.5 Å². The van der Waals surface area contributed by atoms with E-state index in [2.05, 4.69) is 65.5 Å². The third-order valence-corrected chi connectivity index (χ3v) is 16.9. The second-order valence-corrected chi connectivity index (χ2v) is 22.4. The lowest BCUT2D eigenvalue weighted by Gasteiger charge is -2.23. The second kappa shape index (κ2) is 36.7. The van der Waals surface area contributed by atoms with Crippen LogP contribution in [0.2, 0.25) is 0 Å². The molecule has 0 spiro atoms. The Morgan fingerprint density at radius 2 is 1.05 bits per heavy atom. The minimum atomic E-state index is -0.141. The molecule has 18 nitrogen and oxygen atoms in total. The van der Waals surface area contributed by atoms with Crippen LogP contribution in [0.3, 0.4) is 0 Å². The first-order valence-corrected chi connectivity index (χ1v) is 29.8. The van der Waals surface area contributed by atoms with Crippen LogP contribution in [-0.2, 0) is 35.1 Å². The number of carbonyl (C=O) groups is 4. The van der Waals surface area contributed by atoms with Crippen molar-refractivity contribution >= 4 is 59.1 Å². The van der Waals surface area contributed by atoms with Gasteiger partial charge in [0.1, 0.15) is 0 Å². The average Bonchev–Trinajstić information content (AvgIpc) is 4.17. The lowest BCUT2D eigenvalue weighted by Crippen LogP contribution is -2.36. The molecule has 5 rings (SSSR count). The largest absolute Gasteiger partial charge is 0.379 e. The van der Waals surface area contributed by atoms with Gasteiger partial charge in [0.25, 0.3) is 5.91 Å². The Hall–Kier alpha value is -4.26. The molecule has 74 heavy (non-hydrogen) atoms. The molecule has 10 N–H and O–H groups in total. The molecule has 0 aliphatic carbocycles. The van der Waals surface area contributed by atoms with Gasteiger partial charge >= 0.3 is 0 Å². The standard InChI is InChI=1S/C54H89N11O7S2/c1-2-26-57-49(68)25-32-70-34-36-72-37-35-71-33-29-60-52(69)42-23-21-41(22-24-42)38-65(30-15-7-3-5-13-27-58-47(66)19-11-9-17-45-50-43(39-73-45)61-53(55)63-50)31-16-8-4-6-14-28-59-48(67)20-12-10-18-46-51-44(40-74-46)62-54(56)64-51/h1,21-24,43-46,50-51H,3-20,25-40H2,(H,57,68)(H,58,66)(H,59,67)(H,60,69)(H3,55,61,63)(H3,56,62,64). The van der Waals surface area contributed by atoms with Crippen molar-refractivity contribution in [3.63, 3.8) is 0 Å². The SMILES string of the molecule is C#CCNC(=O)CCOCCOCCOCCNC(=O)c1ccc(CN(CCCCCCCNC(=O)CCCCC2SCC3NC(=N)NC32)CCCCCCCNC(=O)CCCCC2SCC3NC(=N)NC32)cc1. The monoisotopic (exact) mass is 1070 g/mol. The Kier molecular flexibility index (Phi) is 30.0. The predicted octanol–water partition coefficient (Wildman–Crippen LogP) is 4.62. The molecule has 0 bridgehead atoms. The van der Waals surface area contributed by atoms with E-state index in [1.165, 1.54) is 5.56 Å². The molecule has 0 radical (unpaired) electrons. The van der Waals surface area contributed by atoms with E-state index in [0.717, 1.165) is 147 Å². The first kappa shape index (κ1) is 60.6. The number of ether oxygens (including phenoxy) is 3. The lowest BCUT2D eigenvalue weighted by atomic mass is 10.0. The van der Waals surface area contributed by atoms with Gasteiger partial charge in [-0.05, 0) is 82.2 Å². The Morgan fingerprint density at radius 3 is 1.59 bits per heavy atom. The van der Waals surface area contributed by atoms with Gasteiger partial charge in [0.15, 0.2) is 11.9 Å². The highest BCUT2D eigenvalue weighted by molar-refractivity contribution is 8.00. The molecule has 0 saturated carbocycles. The van der Waals surface area contributed by atoms with Crippen molar-refractivity contribution < 1.29 is 33.4 Å². The normalized spacial score (nSPS) is 20.5. The quantitative estimate of drug-likeness (QED) is 0.0318. The minimum absolute atomic E-state index is 0.136. The summed E-state index contributed by atoms with van der Waals surface area (Å²) in [6.07, 6.45) is 23.6. The molecule has 1 aromatic rings. The van der Waals surface area contributed by atoms with Crippen molar-refractivity contribution in [3.8, 4) is 12.3 Å². The molecule has 4 saturated heterocycles. The first-order chi connectivity index (χ1) is 36.2. The van der Waals surface area contributed by atoms with Gasteiger partial charge in [-0.1, -0.05) is 69.4 Å². The molecular formula is C54H89N11O7S2. The summed E-state index contributed by atoms with van der Waals surface area (Å²) >= 11 is 3.95. The van der Waals surface area contributed by atoms with Gasteiger partial charge < -0.3 is 56.7 Å². The fourth-order valence-corrected chi connectivity index (χ4v) is 12.9. The number of benzene rings is 1. The van der Waals surface area contributed by atoms with Gasteiger partial charge in [-0.2, -0.15) is 23.5 Å². The van der Waals surface area contributed by atoms with Crippen LogP contribution in [0.25, 0.3) is 0 Å². The summed E-state index contributed by atoms with van der Waals surface area (Å²) in [7, 11) is 0. The summed E-state index contributed by atoms with van der Waals surface area (Å²) in [5.41, 5.74) is 1.79. The van der Waals surface area contributed by atoms with Crippen LogP contribution >= 0.6 is 23.5 Å². The number of guanidine groups is 2. The maximum absolute atomic E-state index is 12.9. The summed E-state index contributed by atoms with van der Waals surface area (Å²) in [4.78, 5) is 51.9. The van der Waals surface area contributed by atoms with Crippen molar-refractivity contribution in [2.75, 3.05) is 90.4 Å². The summed E-state index contributed by atoms with van der Waals surface area (Å²) in [5.74, 6) is 5.36. The van der Waals surface area contributed by atoms with Crippen molar-refractivity contribution in [2.24, 2.45) is 0 Å². The fraction of sp³-hybridized carbons (Fsp3) is 0.741. The average molecular weight is 1070 g/mol. The molecule has 20 heteroatoms. The van der Waals surface area contributed by atoms with E-state index in [0.29, 0.717) is 111 Å². The van der Waals surface area contributed by atoms with E-state index in [1.807, 2.05) is 35.7 Å². The molecule has 1 aromatic carbocycles. The van der Waals surface area contributed by atoms with Crippen LogP contribution in [0.15, 0.2) is 24.3 Å². The zero-order valence-corrected chi connectivity index (χ0v) is 45.6. The van der Waals surface area contributed by atoms with Crippen LogP contribution in [0.4, 0.5) is 0 Å². The van der Waals surface area contributed by atoms with Gasteiger partial charge in [0.05, 0.1) is 70.4 Å². The maximum atomic E-state index is 12.9. The Morgan fingerprint density at radius 1 is 0.568 bits per heavy atom. The number of carbonyl (C=O) groups excluding carboxylic acids is 4. The Labute approximate surface area is 450 Å². The molecule has 414 valence electrons. The second-order valence-electron chi connectivity index (χ2n) is 19.9. The third kappa shape index (κ3) is 24.6. The zero-order valence-electron chi connectivity index (χ0n) is 44.0. The maximum Gasteiger partial charge on any atom is 0.251 e. The number of unbranched alkanes of at least 4 members (excludes halogenated alkanes) is 10. The molecule has 4 aliphatic heterocycles. The van der Waals surface area contributed by atoms with Gasteiger partial charge in [-0.3, -0.25) is 34.9 Å². The van der Waals surface area contributed by atoms with Gasteiger partial charge in [-0.15, -0.1) is 6.42 Å². The number of nitrogens with one attached hydrogen (secondary N) is 10. The predicted molar refractivity (Wildman–Crippen MR) is 298 cm³/mol. The van der Waals surface area contributed by atoms with Gasteiger partial charge in [-0.25, -0.2) is 0 Å². The molecule has 4 heterocycles. The van der Waals surface area contributed by atoms with E-state index in [1.54, 1.807) is 0 Å². The van der Waals surface area contributed by atoms with Gasteiger partial charge in [0.2, 0.25) is 17.7 Å². The number of terminal acetylenes is 1. The number of hydrogen-bond donors (Lipinski definition) is 10. The van der Waals surface area contributed by atoms with Gasteiger partial charge in [0, 0.05) is 73.0 Å². The lowest BCUT2D eigenvalue weighted by molar-refractivity contribution is -0.122. The van der Waals surface area contributed by atoms with Crippen LogP contribution in [0.1, 0.15) is 138 Å². The highest BCUT2D eigenvalue weighted by Crippen LogP contribution is 2.34. The first-order valence-electron chi connectivity index (χ1n) is 27.7. The summed E-state index contributed by atoms with van der Waals surface area (Å²) in [6, 6.07) is 9.33. The van der Waals surface area contributed by atoms with Crippen molar-refractivity contribution in [1.29, 1.82) is 10.8 Å². The number of amides is 4. The van der Waals surface area contributed by atoms with E-state index in [4.69, 9.17) is 31.5 Å². The highest BCUT2D eigenvalue weighted by atomic mass is 32.2. The third-order valence-electron chi connectivity index (χ3n) is 13.9. The highest BCUT2D eigenvalue weighted by Gasteiger charge is 2.42. The Balaban J connectivity index is 0.900. The molecule has 0 aromatic heterocycles. The number of nitrogens with zero attached hydrogens (tertiary/aromatic N) is 1. The van der Waals surface area contributed by atoms with E-state index in [9.17, 15) is 19.2 Å². The summed E-state index contributed by atoms with van der Waals surface area (Å²) in [6.45, 7) is 7.17. The molecular weight excluding hydrogens is 979 g/mol. The molecule has 4 aliphatic rings. The van der Waals surface area contributed by atoms with E-state index < -0.39 is 0 Å². The van der Waals surface area contributed by atoms with Crippen LogP contribution in [0.5, 0.6) is 0 Å². The molecule has 6 atom stereocenters. The number of rotatable bonds is 42. The van der Waals surface area contributed by atoms with Crippen molar-refractivity contribution in [3.05, 3.63) is 35.4 Å². The van der Waals surface area contributed by atoms with Crippen molar-refractivity contribution in [2.45, 2.75) is 163 Å². The fourth-order valence-electron chi connectivity index (χ4n) is 9.80. The Bertz CT molecular complexity index is 1800. The number of hydrogen-bond acceptors (Lipinski definition) is 12. The number of fused-ring (bicyclic) bond motifs is 2. The van der Waals surface area contributed by atoms with Crippen LogP contribution in [0, 0.1) is 23.2 Å². The van der Waals surface area contributed by atoms with E-state index in [-0.39, 0.29) is 36.6 Å². The molecule has 4 amide bonds. The zero-order chi connectivity index (χ0) is 52.4. The molecule has 4 fully saturated rings.